The number of nitrogens with one attached hydrogen (secondary N) is 1. The van der Waals surface area contributed by atoms with Gasteiger partial charge in [0.1, 0.15) is 5.75 Å². The quantitative estimate of drug-likeness (QED) is 0.644. The third-order valence-electron chi connectivity index (χ3n) is 3.99. The molecule has 2 atom stereocenters. The van der Waals surface area contributed by atoms with Gasteiger partial charge in [0.2, 0.25) is 0 Å². The van der Waals surface area contributed by atoms with E-state index in [-0.39, 0.29) is 12.1 Å². The van der Waals surface area contributed by atoms with Gasteiger partial charge in [-0.25, -0.2) is 0 Å². The third kappa shape index (κ3) is 3.24. The zero-order chi connectivity index (χ0) is 14.7. The number of rotatable bonds is 4. The van der Waals surface area contributed by atoms with Crippen LogP contribution in [0.1, 0.15) is 11.6 Å². The van der Waals surface area contributed by atoms with Crippen molar-refractivity contribution < 1.29 is 4.74 Å². The molecular weight excluding hydrogens is 276 g/mol. The fourth-order valence-corrected chi connectivity index (χ4v) is 2.94. The van der Waals surface area contributed by atoms with E-state index in [9.17, 15) is 0 Å². The molecule has 0 aromatic heterocycles. The van der Waals surface area contributed by atoms with Crippen LogP contribution in [0.15, 0.2) is 18.2 Å². The Hall–Kier alpha value is -0.850. The van der Waals surface area contributed by atoms with Crippen molar-refractivity contribution in [2.24, 2.45) is 5.84 Å². The second kappa shape index (κ2) is 6.74. The fraction of sp³-hybridized carbons (Fsp3) is 0.571. The van der Waals surface area contributed by atoms with E-state index in [0.29, 0.717) is 5.02 Å². The molecule has 1 aliphatic heterocycles. The molecule has 0 bridgehead atoms. The van der Waals surface area contributed by atoms with E-state index >= 15 is 0 Å². The first-order valence-electron chi connectivity index (χ1n) is 6.75. The van der Waals surface area contributed by atoms with Crippen molar-refractivity contribution in [2.45, 2.75) is 12.1 Å². The van der Waals surface area contributed by atoms with Crippen molar-refractivity contribution in [3.8, 4) is 5.75 Å². The molecule has 1 heterocycles. The lowest BCUT2D eigenvalue weighted by Gasteiger charge is -2.42. The minimum atomic E-state index is -0.0311. The number of ether oxygens (including phenoxy) is 1. The van der Waals surface area contributed by atoms with Crippen LogP contribution in [0, 0.1) is 0 Å². The first kappa shape index (κ1) is 15.5. The summed E-state index contributed by atoms with van der Waals surface area (Å²) in [7, 11) is 5.92. The Morgan fingerprint density at radius 1 is 1.40 bits per heavy atom. The lowest BCUT2D eigenvalue weighted by Crippen LogP contribution is -2.56. The SMILES string of the molecule is COc1ccc(Cl)cc1C(NN)C1CN(C)CCN1C. The molecule has 20 heavy (non-hydrogen) atoms. The molecule has 112 valence electrons. The van der Waals surface area contributed by atoms with Crippen molar-refractivity contribution in [3.63, 3.8) is 0 Å². The highest BCUT2D eigenvalue weighted by molar-refractivity contribution is 6.30. The molecule has 0 aliphatic carbocycles. The molecule has 2 unspecified atom stereocenters. The predicted molar refractivity (Wildman–Crippen MR) is 82.0 cm³/mol. The van der Waals surface area contributed by atoms with Crippen LogP contribution in [0.4, 0.5) is 0 Å². The van der Waals surface area contributed by atoms with Gasteiger partial charge >= 0.3 is 0 Å². The van der Waals surface area contributed by atoms with E-state index in [1.165, 1.54) is 0 Å². The Bertz CT molecular complexity index is 457. The summed E-state index contributed by atoms with van der Waals surface area (Å²) < 4.78 is 5.45. The van der Waals surface area contributed by atoms with Crippen molar-refractivity contribution in [1.82, 2.24) is 15.2 Å². The summed E-state index contributed by atoms with van der Waals surface area (Å²) in [6.07, 6.45) is 0. The molecular formula is C14H23ClN4O. The number of nitrogens with zero attached hydrogens (tertiary/aromatic N) is 2. The van der Waals surface area contributed by atoms with Gasteiger partial charge in [0, 0.05) is 36.3 Å². The summed E-state index contributed by atoms with van der Waals surface area (Å²) >= 11 is 6.13. The van der Waals surface area contributed by atoms with Gasteiger partial charge in [0.25, 0.3) is 0 Å². The lowest BCUT2D eigenvalue weighted by molar-refractivity contribution is 0.0869. The number of methoxy groups -OCH3 is 1. The van der Waals surface area contributed by atoms with Crippen LogP contribution in [0.5, 0.6) is 5.75 Å². The number of piperazine rings is 1. The van der Waals surface area contributed by atoms with Crippen LogP contribution in [0.3, 0.4) is 0 Å². The van der Waals surface area contributed by atoms with E-state index in [0.717, 1.165) is 30.9 Å². The summed E-state index contributed by atoms with van der Waals surface area (Å²) in [5.41, 5.74) is 3.93. The molecule has 1 aromatic carbocycles. The van der Waals surface area contributed by atoms with Gasteiger partial charge in [-0.2, -0.15) is 0 Å². The molecule has 6 heteroatoms. The van der Waals surface area contributed by atoms with E-state index in [1.54, 1.807) is 7.11 Å². The van der Waals surface area contributed by atoms with Crippen LogP contribution in [0.25, 0.3) is 0 Å². The summed E-state index contributed by atoms with van der Waals surface area (Å²) in [4.78, 5) is 4.64. The highest BCUT2D eigenvalue weighted by Crippen LogP contribution is 2.32. The van der Waals surface area contributed by atoms with Crippen molar-refractivity contribution in [3.05, 3.63) is 28.8 Å². The molecule has 0 spiro atoms. The Morgan fingerprint density at radius 2 is 2.15 bits per heavy atom. The minimum absolute atomic E-state index is 0.0311. The molecule has 3 N–H and O–H groups in total. The molecule has 1 aliphatic rings. The average Bonchev–Trinajstić information content (AvgIpc) is 2.44. The van der Waals surface area contributed by atoms with Crippen LogP contribution in [-0.2, 0) is 0 Å². The van der Waals surface area contributed by atoms with Crippen molar-refractivity contribution >= 4 is 11.6 Å². The largest absolute Gasteiger partial charge is 0.496 e. The maximum absolute atomic E-state index is 6.13. The zero-order valence-corrected chi connectivity index (χ0v) is 13.0. The van der Waals surface area contributed by atoms with E-state index in [1.807, 2.05) is 18.2 Å². The van der Waals surface area contributed by atoms with Crippen LogP contribution < -0.4 is 16.0 Å². The number of nitrogens with two attached hydrogens (primary N) is 1. The van der Waals surface area contributed by atoms with Gasteiger partial charge in [0.15, 0.2) is 0 Å². The summed E-state index contributed by atoms with van der Waals surface area (Å²) in [6.45, 7) is 3.03. The topological polar surface area (TPSA) is 53.8 Å². The normalized spacial score (nSPS) is 22.8. The van der Waals surface area contributed by atoms with Crippen molar-refractivity contribution in [2.75, 3.05) is 40.8 Å². The number of hydrogen-bond acceptors (Lipinski definition) is 5. The molecule has 1 aromatic rings. The maximum atomic E-state index is 6.13. The molecule has 0 radical (unpaired) electrons. The fourth-order valence-electron chi connectivity index (χ4n) is 2.76. The molecule has 1 saturated heterocycles. The van der Waals surface area contributed by atoms with Gasteiger partial charge in [-0.1, -0.05) is 11.6 Å². The first-order valence-corrected chi connectivity index (χ1v) is 7.13. The average molecular weight is 299 g/mol. The molecule has 0 amide bonds. The van der Waals surface area contributed by atoms with E-state index in [4.69, 9.17) is 22.2 Å². The summed E-state index contributed by atoms with van der Waals surface area (Å²) in [5.74, 6) is 6.63. The Morgan fingerprint density at radius 3 is 2.80 bits per heavy atom. The molecule has 1 fully saturated rings. The maximum Gasteiger partial charge on any atom is 0.123 e. The first-order chi connectivity index (χ1) is 9.56. The predicted octanol–water partition coefficient (Wildman–Crippen LogP) is 1.10. The standard InChI is InChI=1S/C14H23ClN4O/c1-18-6-7-19(2)12(9-18)14(17-16)11-8-10(15)4-5-13(11)20-3/h4-5,8,12,14,17H,6-7,9,16H2,1-3H3. The number of benzene rings is 1. The molecule has 0 saturated carbocycles. The smallest absolute Gasteiger partial charge is 0.123 e. The zero-order valence-electron chi connectivity index (χ0n) is 12.3. The monoisotopic (exact) mass is 298 g/mol. The van der Waals surface area contributed by atoms with Gasteiger partial charge in [-0.05, 0) is 32.3 Å². The Kier molecular flexibility index (Phi) is 5.23. The molecule has 2 rings (SSSR count). The second-order valence-electron chi connectivity index (χ2n) is 5.34. The van der Waals surface area contributed by atoms with Crippen LogP contribution >= 0.6 is 11.6 Å². The van der Waals surface area contributed by atoms with Crippen molar-refractivity contribution in [1.29, 1.82) is 0 Å². The highest BCUT2D eigenvalue weighted by Gasteiger charge is 2.32. The number of hydrogen-bond donors (Lipinski definition) is 2. The van der Waals surface area contributed by atoms with Gasteiger partial charge in [-0.3, -0.25) is 16.2 Å². The Labute approximate surface area is 125 Å². The summed E-state index contributed by atoms with van der Waals surface area (Å²) in [6, 6.07) is 5.87. The number of halogens is 1. The Balaban J connectivity index is 2.33. The summed E-state index contributed by atoms with van der Waals surface area (Å²) in [5, 5.41) is 0.688. The lowest BCUT2D eigenvalue weighted by atomic mass is 9.96. The third-order valence-corrected chi connectivity index (χ3v) is 4.23. The number of hydrazine groups is 1. The van der Waals surface area contributed by atoms with E-state index < -0.39 is 0 Å². The molecule has 5 nitrogen and oxygen atoms in total. The second-order valence-corrected chi connectivity index (χ2v) is 5.78. The van der Waals surface area contributed by atoms with Crippen LogP contribution in [0.2, 0.25) is 5.02 Å². The highest BCUT2D eigenvalue weighted by atomic mass is 35.5. The number of likely N-dealkylation sites (N-methyl/N-ethyl adjacent to an activating group) is 2. The van der Waals surface area contributed by atoms with E-state index in [2.05, 4.69) is 29.3 Å². The van der Waals surface area contributed by atoms with Crippen LogP contribution in [-0.4, -0.2) is 56.7 Å². The minimum Gasteiger partial charge on any atom is -0.496 e. The van der Waals surface area contributed by atoms with Gasteiger partial charge < -0.3 is 9.64 Å². The van der Waals surface area contributed by atoms with Gasteiger partial charge in [-0.15, -0.1) is 0 Å². The van der Waals surface area contributed by atoms with Gasteiger partial charge in [0.05, 0.1) is 13.2 Å².